The van der Waals surface area contributed by atoms with Gasteiger partial charge < -0.3 is 15.2 Å². The van der Waals surface area contributed by atoms with Gasteiger partial charge in [-0.05, 0) is 49.6 Å². The largest absolute Gasteiger partial charge is 0.361 e. The van der Waals surface area contributed by atoms with Crippen LogP contribution < -0.4 is 10.2 Å². The van der Waals surface area contributed by atoms with Crippen molar-refractivity contribution in [2.75, 3.05) is 11.4 Å². The molecule has 2 N–H and O–H groups in total. The molecule has 1 saturated carbocycles. The molecule has 0 radical (unpaired) electrons. The second-order valence-electron chi connectivity index (χ2n) is 9.01. The third-order valence-corrected chi connectivity index (χ3v) is 6.76. The van der Waals surface area contributed by atoms with E-state index >= 15 is 0 Å². The van der Waals surface area contributed by atoms with Crippen molar-refractivity contribution < 1.29 is 9.59 Å². The SMILES string of the molecule is CCCN1C(=O)C(NC(=O)c2ccc3[nH]ccc3c2)N=C(C2CCCCC2)c2ccccc21. The molecular formula is C27H30N4O2. The molecule has 1 aromatic heterocycles. The number of para-hydroxylation sites is 1. The average Bonchev–Trinajstić information content (AvgIpc) is 3.29. The van der Waals surface area contributed by atoms with E-state index in [0.29, 0.717) is 18.0 Å². The Labute approximate surface area is 194 Å². The maximum Gasteiger partial charge on any atom is 0.272 e. The van der Waals surface area contributed by atoms with Crippen molar-refractivity contribution in [3.63, 3.8) is 0 Å². The molecule has 1 unspecified atom stereocenters. The van der Waals surface area contributed by atoms with E-state index in [9.17, 15) is 9.59 Å². The number of aromatic nitrogens is 1. The number of hydrogen-bond donors (Lipinski definition) is 2. The second kappa shape index (κ2) is 9.22. The Hall–Kier alpha value is -3.41. The minimum atomic E-state index is -0.935. The van der Waals surface area contributed by atoms with E-state index in [1.165, 1.54) is 19.3 Å². The van der Waals surface area contributed by atoms with Gasteiger partial charge in [-0.1, -0.05) is 44.4 Å². The van der Waals surface area contributed by atoms with Crippen LogP contribution in [0.4, 0.5) is 5.69 Å². The van der Waals surface area contributed by atoms with Gasteiger partial charge in [-0.2, -0.15) is 0 Å². The van der Waals surface area contributed by atoms with Crippen molar-refractivity contribution in [1.82, 2.24) is 10.3 Å². The third-order valence-electron chi connectivity index (χ3n) is 6.76. The fourth-order valence-electron chi connectivity index (χ4n) is 5.11. The van der Waals surface area contributed by atoms with Crippen molar-refractivity contribution in [2.45, 2.75) is 51.6 Å². The number of carbonyl (C=O) groups excluding carboxylic acids is 2. The monoisotopic (exact) mass is 442 g/mol. The van der Waals surface area contributed by atoms with Crippen LogP contribution in [-0.2, 0) is 4.79 Å². The summed E-state index contributed by atoms with van der Waals surface area (Å²) in [6, 6.07) is 15.5. The van der Waals surface area contributed by atoms with Gasteiger partial charge in [0.2, 0.25) is 6.17 Å². The molecule has 1 fully saturated rings. The summed E-state index contributed by atoms with van der Waals surface area (Å²) in [6.07, 6.45) is 7.47. The zero-order chi connectivity index (χ0) is 22.8. The smallest absolute Gasteiger partial charge is 0.272 e. The first-order valence-electron chi connectivity index (χ1n) is 12.0. The van der Waals surface area contributed by atoms with E-state index < -0.39 is 6.17 Å². The number of rotatable bonds is 5. The lowest BCUT2D eigenvalue weighted by Gasteiger charge is -2.26. The Kier molecular flexibility index (Phi) is 5.99. The maximum absolute atomic E-state index is 13.7. The number of carbonyl (C=O) groups is 2. The van der Waals surface area contributed by atoms with Gasteiger partial charge in [-0.15, -0.1) is 0 Å². The van der Waals surface area contributed by atoms with Crippen molar-refractivity contribution in [2.24, 2.45) is 10.9 Å². The molecule has 3 aromatic rings. The molecule has 1 aliphatic carbocycles. The number of fused-ring (bicyclic) bond motifs is 2. The van der Waals surface area contributed by atoms with Gasteiger partial charge in [0.15, 0.2) is 0 Å². The highest BCUT2D eigenvalue weighted by Crippen LogP contribution is 2.34. The molecule has 2 aromatic carbocycles. The summed E-state index contributed by atoms with van der Waals surface area (Å²) in [6.45, 7) is 2.65. The Balaban J connectivity index is 1.53. The lowest BCUT2D eigenvalue weighted by atomic mass is 9.83. The normalized spacial score (nSPS) is 19.2. The molecular weight excluding hydrogens is 412 g/mol. The van der Waals surface area contributed by atoms with Crippen LogP contribution >= 0.6 is 0 Å². The summed E-state index contributed by atoms with van der Waals surface area (Å²) >= 11 is 0. The van der Waals surface area contributed by atoms with Crippen LogP contribution in [0.2, 0.25) is 0 Å². The minimum absolute atomic E-state index is 0.175. The molecule has 2 aliphatic rings. The van der Waals surface area contributed by atoms with Gasteiger partial charge in [-0.25, -0.2) is 0 Å². The zero-order valence-corrected chi connectivity index (χ0v) is 19.0. The molecule has 2 amide bonds. The van der Waals surface area contributed by atoms with E-state index in [1.807, 2.05) is 42.6 Å². The van der Waals surface area contributed by atoms with E-state index in [1.54, 1.807) is 11.0 Å². The Morgan fingerprint density at radius 1 is 1.12 bits per heavy atom. The van der Waals surface area contributed by atoms with Crippen molar-refractivity contribution >= 4 is 34.1 Å². The third kappa shape index (κ3) is 4.17. The summed E-state index contributed by atoms with van der Waals surface area (Å²) in [5.41, 5.74) is 4.38. The van der Waals surface area contributed by atoms with Gasteiger partial charge in [0.05, 0.1) is 11.4 Å². The summed E-state index contributed by atoms with van der Waals surface area (Å²) < 4.78 is 0. The molecule has 1 atom stereocenters. The first-order valence-corrected chi connectivity index (χ1v) is 12.0. The highest BCUT2D eigenvalue weighted by atomic mass is 16.2. The number of hydrogen-bond acceptors (Lipinski definition) is 3. The fourth-order valence-corrected chi connectivity index (χ4v) is 5.11. The lowest BCUT2D eigenvalue weighted by molar-refractivity contribution is -0.120. The molecule has 170 valence electrons. The molecule has 0 bridgehead atoms. The molecule has 2 heterocycles. The van der Waals surface area contributed by atoms with Gasteiger partial charge in [0.25, 0.3) is 11.8 Å². The van der Waals surface area contributed by atoms with Gasteiger partial charge in [-0.3, -0.25) is 14.6 Å². The van der Waals surface area contributed by atoms with Crippen LogP contribution in [0.5, 0.6) is 0 Å². The van der Waals surface area contributed by atoms with Crippen molar-refractivity contribution in [1.29, 1.82) is 0 Å². The predicted molar refractivity (Wildman–Crippen MR) is 132 cm³/mol. The summed E-state index contributed by atoms with van der Waals surface area (Å²) in [4.78, 5) is 36.8. The van der Waals surface area contributed by atoms with Crippen LogP contribution in [0.15, 0.2) is 59.7 Å². The number of anilines is 1. The van der Waals surface area contributed by atoms with Crippen molar-refractivity contribution in [3.05, 3.63) is 65.9 Å². The van der Waals surface area contributed by atoms with E-state index in [-0.39, 0.29) is 11.8 Å². The Morgan fingerprint density at radius 2 is 1.94 bits per heavy atom. The predicted octanol–water partition coefficient (Wildman–Crippen LogP) is 5.05. The van der Waals surface area contributed by atoms with Gasteiger partial charge >= 0.3 is 0 Å². The van der Waals surface area contributed by atoms with Crippen LogP contribution in [0.1, 0.15) is 61.4 Å². The van der Waals surface area contributed by atoms with Crippen LogP contribution in [0.25, 0.3) is 10.9 Å². The standard InChI is InChI=1S/C27H30N4O2/c1-2-16-31-23-11-7-6-10-21(23)24(18-8-4-3-5-9-18)29-25(27(31)33)30-26(32)20-12-13-22-19(17-20)14-15-28-22/h6-7,10-15,17-18,25,28H,2-5,8-9,16H2,1H3,(H,30,32). The number of benzene rings is 2. The van der Waals surface area contributed by atoms with Crippen LogP contribution in [0, 0.1) is 5.92 Å². The van der Waals surface area contributed by atoms with Gasteiger partial charge in [0, 0.05) is 40.7 Å². The summed E-state index contributed by atoms with van der Waals surface area (Å²) in [5.74, 6) is -0.151. The molecule has 1 aliphatic heterocycles. The Bertz CT molecular complexity index is 1210. The van der Waals surface area contributed by atoms with E-state index in [2.05, 4.69) is 23.3 Å². The number of benzodiazepines with no additional fused rings is 1. The zero-order valence-electron chi connectivity index (χ0n) is 19.0. The van der Waals surface area contributed by atoms with Crippen molar-refractivity contribution in [3.8, 4) is 0 Å². The van der Waals surface area contributed by atoms with E-state index in [0.717, 1.165) is 47.1 Å². The number of H-pyrrole nitrogens is 1. The number of amides is 2. The number of nitrogens with one attached hydrogen (secondary N) is 2. The number of aliphatic imine (C=N–C) groups is 1. The topological polar surface area (TPSA) is 77.6 Å². The first kappa shape index (κ1) is 21.4. The molecule has 6 nitrogen and oxygen atoms in total. The summed E-state index contributed by atoms with van der Waals surface area (Å²) in [7, 11) is 0. The highest BCUT2D eigenvalue weighted by molar-refractivity contribution is 6.14. The van der Waals surface area contributed by atoms with Crippen LogP contribution in [-0.4, -0.2) is 35.2 Å². The van der Waals surface area contributed by atoms with Crippen LogP contribution in [0.3, 0.4) is 0 Å². The maximum atomic E-state index is 13.7. The average molecular weight is 443 g/mol. The molecule has 0 saturated heterocycles. The number of aromatic amines is 1. The highest BCUT2D eigenvalue weighted by Gasteiger charge is 2.34. The number of nitrogens with zero attached hydrogens (tertiary/aromatic N) is 2. The lowest BCUT2D eigenvalue weighted by Crippen LogP contribution is -2.47. The minimum Gasteiger partial charge on any atom is -0.361 e. The van der Waals surface area contributed by atoms with E-state index in [4.69, 9.17) is 4.99 Å². The molecule has 5 rings (SSSR count). The Morgan fingerprint density at radius 3 is 2.76 bits per heavy atom. The fraction of sp³-hybridized carbons (Fsp3) is 0.370. The molecule has 6 heteroatoms. The van der Waals surface area contributed by atoms with Gasteiger partial charge in [0.1, 0.15) is 0 Å². The molecule has 33 heavy (non-hydrogen) atoms. The first-order chi connectivity index (χ1) is 16.2. The molecule has 0 spiro atoms. The second-order valence-corrected chi connectivity index (χ2v) is 9.01. The summed E-state index contributed by atoms with van der Waals surface area (Å²) in [5, 5.41) is 3.91. The quantitative estimate of drug-likeness (QED) is 0.580.